The van der Waals surface area contributed by atoms with E-state index in [2.05, 4.69) is 21.0 Å². The van der Waals surface area contributed by atoms with Crippen molar-refractivity contribution >= 4 is 23.6 Å². The normalized spacial score (nSPS) is 10.9. The summed E-state index contributed by atoms with van der Waals surface area (Å²) in [6.45, 7) is 0.567. The summed E-state index contributed by atoms with van der Waals surface area (Å²) in [5, 5.41) is 11.3. The SMILES string of the molecule is Nc1nnnn1NCC=Cc1ccc(Cl)cc1. The van der Waals surface area contributed by atoms with Crippen molar-refractivity contribution in [2.75, 3.05) is 17.7 Å². The van der Waals surface area contributed by atoms with Crippen LogP contribution in [-0.2, 0) is 0 Å². The van der Waals surface area contributed by atoms with Crippen LogP contribution >= 0.6 is 11.6 Å². The molecule has 1 aromatic carbocycles. The first kappa shape index (κ1) is 11.4. The van der Waals surface area contributed by atoms with Gasteiger partial charge < -0.3 is 11.2 Å². The van der Waals surface area contributed by atoms with Gasteiger partial charge in [-0.1, -0.05) is 41.0 Å². The molecule has 88 valence electrons. The minimum absolute atomic E-state index is 0.227. The van der Waals surface area contributed by atoms with Crippen molar-refractivity contribution in [3.63, 3.8) is 0 Å². The fourth-order valence-corrected chi connectivity index (χ4v) is 1.34. The summed E-state index contributed by atoms with van der Waals surface area (Å²) in [5.41, 5.74) is 9.46. The molecule has 0 saturated carbocycles. The maximum Gasteiger partial charge on any atom is 0.260 e. The van der Waals surface area contributed by atoms with Crippen molar-refractivity contribution in [1.29, 1.82) is 0 Å². The Bertz CT molecular complexity index is 504. The molecule has 0 aliphatic carbocycles. The number of halogens is 1. The number of anilines is 1. The summed E-state index contributed by atoms with van der Waals surface area (Å²) in [5.74, 6) is 0.227. The van der Waals surface area contributed by atoms with E-state index in [4.69, 9.17) is 17.3 Å². The zero-order valence-corrected chi connectivity index (χ0v) is 9.67. The number of benzene rings is 1. The van der Waals surface area contributed by atoms with Crippen LogP contribution in [0.2, 0.25) is 5.02 Å². The number of tetrazole rings is 1. The van der Waals surface area contributed by atoms with Gasteiger partial charge in [0.15, 0.2) is 0 Å². The van der Waals surface area contributed by atoms with E-state index in [9.17, 15) is 0 Å². The number of nitrogens with two attached hydrogens (primary N) is 1. The van der Waals surface area contributed by atoms with Gasteiger partial charge in [-0.25, -0.2) is 0 Å². The van der Waals surface area contributed by atoms with Crippen LogP contribution in [0.5, 0.6) is 0 Å². The molecule has 0 atom stereocenters. The molecule has 17 heavy (non-hydrogen) atoms. The Morgan fingerprint density at radius 2 is 2.12 bits per heavy atom. The average Bonchev–Trinajstić information content (AvgIpc) is 2.73. The fourth-order valence-electron chi connectivity index (χ4n) is 1.21. The maximum absolute atomic E-state index is 5.78. The second-order valence-corrected chi connectivity index (χ2v) is 3.70. The van der Waals surface area contributed by atoms with Gasteiger partial charge in [-0.15, -0.1) is 4.79 Å². The topological polar surface area (TPSA) is 81.7 Å². The molecular formula is C10H11ClN6. The predicted molar refractivity (Wildman–Crippen MR) is 66.9 cm³/mol. The Morgan fingerprint density at radius 3 is 2.76 bits per heavy atom. The summed E-state index contributed by atoms with van der Waals surface area (Å²) in [6, 6.07) is 7.55. The molecule has 0 unspecified atom stereocenters. The first-order chi connectivity index (χ1) is 8.25. The standard InChI is InChI=1S/C10H11ClN6/c11-9-5-3-8(4-6-9)2-1-7-13-17-10(12)14-15-16-17/h1-6,13H,7H2,(H2,12,14,16). The Kier molecular flexibility index (Phi) is 3.56. The van der Waals surface area contributed by atoms with E-state index < -0.39 is 0 Å². The smallest absolute Gasteiger partial charge is 0.260 e. The van der Waals surface area contributed by atoms with Gasteiger partial charge in [0.05, 0.1) is 6.54 Å². The summed E-state index contributed by atoms with van der Waals surface area (Å²) in [6.07, 6.45) is 3.90. The third-order valence-electron chi connectivity index (χ3n) is 2.03. The molecule has 0 saturated heterocycles. The third-order valence-corrected chi connectivity index (χ3v) is 2.28. The zero-order chi connectivity index (χ0) is 12.1. The van der Waals surface area contributed by atoms with Crippen LogP contribution in [0.25, 0.3) is 6.08 Å². The summed E-state index contributed by atoms with van der Waals surface area (Å²) in [7, 11) is 0. The molecule has 0 radical (unpaired) electrons. The summed E-state index contributed by atoms with van der Waals surface area (Å²) in [4.78, 5) is 1.31. The third kappa shape index (κ3) is 3.18. The number of nitrogens with one attached hydrogen (secondary N) is 1. The lowest BCUT2D eigenvalue weighted by atomic mass is 10.2. The number of hydrogen-bond donors (Lipinski definition) is 2. The molecule has 1 aromatic heterocycles. The van der Waals surface area contributed by atoms with Crippen LogP contribution in [0.4, 0.5) is 5.95 Å². The van der Waals surface area contributed by atoms with Gasteiger partial charge in [0.2, 0.25) is 0 Å². The van der Waals surface area contributed by atoms with E-state index in [0.29, 0.717) is 6.54 Å². The highest BCUT2D eigenvalue weighted by Crippen LogP contribution is 2.10. The van der Waals surface area contributed by atoms with Gasteiger partial charge in [-0.3, -0.25) is 0 Å². The Labute approximate surface area is 103 Å². The van der Waals surface area contributed by atoms with Gasteiger partial charge in [0, 0.05) is 5.02 Å². The van der Waals surface area contributed by atoms with Gasteiger partial charge in [0.1, 0.15) is 0 Å². The highest BCUT2D eigenvalue weighted by atomic mass is 35.5. The fraction of sp³-hybridized carbons (Fsp3) is 0.100. The molecular weight excluding hydrogens is 240 g/mol. The molecule has 0 spiro atoms. The van der Waals surface area contributed by atoms with Crippen LogP contribution in [0, 0.1) is 0 Å². The molecule has 0 amide bonds. The van der Waals surface area contributed by atoms with E-state index in [-0.39, 0.29) is 5.95 Å². The van der Waals surface area contributed by atoms with Crippen molar-refractivity contribution in [1.82, 2.24) is 20.3 Å². The lowest BCUT2D eigenvalue weighted by molar-refractivity contribution is 0.714. The average molecular weight is 251 g/mol. The van der Waals surface area contributed by atoms with Gasteiger partial charge >= 0.3 is 0 Å². The van der Waals surface area contributed by atoms with Gasteiger partial charge in [0.25, 0.3) is 5.95 Å². The number of rotatable bonds is 4. The van der Waals surface area contributed by atoms with E-state index in [1.54, 1.807) is 0 Å². The van der Waals surface area contributed by atoms with Crippen molar-refractivity contribution < 1.29 is 0 Å². The second-order valence-electron chi connectivity index (χ2n) is 3.27. The summed E-state index contributed by atoms with van der Waals surface area (Å²) >= 11 is 5.78. The monoisotopic (exact) mass is 250 g/mol. The highest BCUT2D eigenvalue weighted by Gasteiger charge is 1.96. The van der Waals surface area contributed by atoms with Crippen LogP contribution in [0.1, 0.15) is 5.56 Å². The van der Waals surface area contributed by atoms with Crippen LogP contribution in [0.3, 0.4) is 0 Å². The molecule has 1 heterocycles. The first-order valence-electron chi connectivity index (χ1n) is 4.95. The lowest BCUT2D eigenvalue weighted by Crippen LogP contribution is -2.18. The largest absolute Gasteiger partial charge is 0.365 e. The molecule has 6 nitrogen and oxygen atoms in total. The Balaban J connectivity index is 1.86. The lowest BCUT2D eigenvalue weighted by Gasteiger charge is -2.01. The minimum atomic E-state index is 0.227. The van der Waals surface area contributed by atoms with E-state index in [0.717, 1.165) is 10.6 Å². The Morgan fingerprint density at radius 1 is 1.35 bits per heavy atom. The minimum Gasteiger partial charge on any atom is -0.365 e. The maximum atomic E-state index is 5.78. The Hall–Kier alpha value is -2.08. The predicted octanol–water partition coefficient (Wildman–Crippen LogP) is 1.17. The van der Waals surface area contributed by atoms with Crippen molar-refractivity contribution in [2.45, 2.75) is 0 Å². The number of nitrogens with zero attached hydrogens (tertiary/aromatic N) is 4. The van der Waals surface area contributed by atoms with Crippen molar-refractivity contribution in [3.05, 3.63) is 40.9 Å². The molecule has 0 fully saturated rings. The number of nitrogen functional groups attached to an aromatic ring is 1. The molecule has 0 bridgehead atoms. The first-order valence-corrected chi connectivity index (χ1v) is 5.33. The highest BCUT2D eigenvalue weighted by molar-refractivity contribution is 6.30. The van der Waals surface area contributed by atoms with Gasteiger partial charge in [-0.05, 0) is 28.1 Å². The van der Waals surface area contributed by atoms with Crippen molar-refractivity contribution in [3.8, 4) is 0 Å². The zero-order valence-electron chi connectivity index (χ0n) is 8.92. The van der Waals surface area contributed by atoms with E-state index in [1.165, 1.54) is 4.79 Å². The second kappa shape index (κ2) is 5.31. The molecule has 0 aliphatic heterocycles. The van der Waals surface area contributed by atoms with Crippen LogP contribution in [-0.4, -0.2) is 26.9 Å². The molecule has 7 heteroatoms. The van der Waals surface area contributed by atoms with E-state index in [1.807, 2.05) is 36.4 Å². The molecule has 2 aromatic rings. The van der Waals surface area contributed by atoms with Crippen LogP contribution < -0.4 is 11.2 Å². The number of hydrogen-bond acceptors (Lipinski definition) is 5. The molecule has 3 N–H and O–H groups in total. The quantitative estimate of drug-likeness (QED) is 0.851. The van der Waals surface area contributed by atoms with Crippen LogP contribution in [0.15, 0.2) is 30.3 Å². The summed E-state index contributed by atoms with van der Waals surface area (Å²) < 4.78 is 0. The molecule has 2 rings (SSSR count). The van der Waals surface area contributed by atoms with Gasteiger partial charge in [-0.2, -0.15) is 0 Å². The number of aromatic nitrogens is 4. The van der Waals surface area contributed by atoms with Crippen molar-refractivity contribution in [2.24, 2.45) is 0 Å². The molecule has 0 aliphatic rings. The van der Waals surface area contributed by atoms with E-state index >= 15 is 0 Å².